The lowest BCUT2D eigenvalue weighted by molar-refractivity contribution is -0.114. The SMILES string of the molecule is Cc1ccc(S(=O)(=O)[O-])cc1.NC(=[NH2+])c1ccc(O)cc1. The maximum absolute atomic E-state index is 10.4. The van der Waals surface area contributed by atoms with Crippen LogP contribution in [0.25, 0.3) is 0 Å². The smallest absolute Gasteiger partial charge is 0.270 e. The molecular weight excluding hydrogens is 292 g/mol. The van der Waals surface area contributed by atoms with Gasteiger partial charge in [0.05, 0.1) is 10.5 Å². The van der Waals surface area contributed by atoms with E-state index in [4.69, 9.17) is 16.2 Å². The Morgan fingerprint density at radius 2 is 1.57 bits per heavy atom. The van der Waals surface area contributed by atoms with E-state index in [2.05, 4.69) is 0 Å². The van der Waals surface area contributed by atoms with Crippen molar-refractivity contribution in [2.75, 3.05) is 0 Å². The summed E-state index contributed by atoms with van der Waals surface area (Å²) in [4.78, 5) is -0.178. The first-order chi connectivity index (χ1) is 9.70. The second-order valence-electron chi connectivity index (χ2n) is 4.27. The average molecular weight is 308 g/mol. The number of amidine groups is 1. The summed E-state index contributed by atoms with van der Waals surface area (Å²) in [6.45, 7) is 1.82. The molecule has 0 radical (unpaired) electrons. The average Bonchev–Trinajstić information content (AvgIpc) is 2.39. The number of aryl methyl sites for hydroxylation is 1. The van der Waals surface area contributed by atoms with Crippen molar-refractivity contribution in [3.63, 3.8) is 0 Å². The van der Waals surface area contributed by atoms with E-state index in [9.17, 15) is 13.0 Å². The molecule has 0 fully saturated rings. The number of nitrogens with two attached hydrogens (primary N) is 2. The first-order valence-electron chi connectivity index (χ1n) is 5.90. The Hall–Kier alpha value is -2.38. The maximum atomic E-state index is 10.4. The molecule has 0 unspecified atom stereocenters. The van der Waals surface area contributed by atoms with Crippen molar-refractivity contribution in [3.8, 4) is 5.75 Å². The lowest BCUT2D eigenvalue weighted by atomic mass is 10.2. The largest absolute Gasteiger partial charge is 0.744 e. The maximum Gasteiger partial charge on any atom is 0.270 e. The van der Waals surface area contributed by atoms with Crippen molar-refractivity contribution in [2.45, 2.75) is 11.8 Å². The lowest BCUT2D eigenvalue weighted by Crippen LogP contribution is -2.46. The minimum absolute atomic E-state index is 0.178. The van der Waals surface area contributed by atoms with Crippen molar-refractivity contribution in [1.29, 1.82) is 0 Å². The molecule has 0 saturated heterocycles. The second-order valence-corrected chi connectivity index (χ2v) is 5.65. The molecule has 7 heteroatoms. The fraction of sp³-hybridized carbons (Fsp3) is 0.0714. The number of benzene rings is 2. The van der Waals surface area contributed by atoms with E-state index in [0.29, 0.717) is 0 Å². The summed E-state index contributed by atoms with van der Waals surface area (Å²) in [6.07, 6.45) is 0. The van der Waals surface area contributed by atoms with Crippen LogP contribution < -0.4 is 11.1 Å². The molecule has 0 saturated carbocycles. The van der Waals surface area contributed by atoms with Gasteiger partial charge in [-0.25, -0.2) is 8.42 Å². The van der Waals surface area contributed by atoms with Crippen molar-refractivity contribution >= 4 is 16.0 Å². The summed E-state index contributed by atoms with van der Waals surface area (Å²) in [7, 11) is -4.27. The van der Waals surface area contributed by atoms with Crippen LogP contribution in [0.1, 0.15) is 11.1 Å². The summed E-state index contributed by atoms with van der Waals surface area (Å²) in [5, 5.41) is 14.1. The van der Waals surface area contributed by atoms with Crippen LogP contribution in [0.4, 0.5) is 0 Å². The molecule has 0 amide bonds. The van der Waals surface area contributed by atoms with Gasteiger partial charge in [-0.3, -0.25) is 11.1 Å². The fourth-order valence-electron chi connectivity index (χ4n) is 1.36. The van der Waals surface area contributed by atoms with Gasteiger partial charge >= 0.3 is 0 Å². The van der Waals surface area contributed by atoms with E-state index in [0.717, 1.165) is 11.1 Å². The quantitative estimate of drug-likeness (QED) is 0.400. The molecule has 0 bridgehead atoms. The normalized spacial score (nSPS) is 10.4. The molecule has 0 aromatic heterocycles. The number of phenols is 1. The zero-order valence-corrected chi connectivity index (χ0v) is 12.2. The Balaban J connectivity index is 0.000000211. The van der Waals surface area contributed by atoms with E-state index < -0.39 is 10.1 Å². The van der Waals surface area contributed by atoms with E-state index in [1.54, 1.807) is 24.3 Å². The van der Waals surface area contributed by atoms with Gasteiger partial charge in [0, 0.05) is 0 Å². The van der Waals surface area contributed by atoms with Crippen molar-refractivity contribution in [1.82, 2.24) is 0 Å². The third-order valence-electron chi connectivity index (χ3n) is 2.51. The summed E-state index contributed by atoms with van der Waals surface area (Å²) >= 11 is 0. The Bertz CT molecular complexity index is 708. The highest BCUT2D eigenvalue weighted by molar-refractivity contribution is 7.85. The topological polar surface area (TPSA) is 129 Å². The summed E-state index contributed by atoms with van der Waals surface area (Å²) < 4.78 is 31.2. The van der Waals surface area contributed by atoms with Crippen LogP contribution in [0.5, 0.6) is 5.75 Å². The van der Waals surface area contributed by atoms with E-state index in [1.165, 1.54) is 24.3 Å². The Morgan fingerprint density at radius 3 is 1.95 bits per heavy atom. The lowest BCUT2D eigenvalue weighted by Gasteiger charge is -2.05. The highest BCUT2D eigenvalue weighted by Gasteiger charge is 1.99. The highest BCUT2D eigenvalue weighted by atomic mass is 32.2. The second kappa shape index (κ2) is 6.87. The van der Waals surface area contributed by atoms with Crippen LogP contribution >= 0.6 is 0 Å². The molecule has 6 nitrogen and oxygen atoms in total. The molecule has 2 aromatic rings. The highest BCUT2D eigenvalue weighted by Crippen LogP contribution is 2.08. The number of hydrogen-bond acceptors (Lipinski definition) is 4. The summed E-state index contributed by atoms with van der Waals surface area (Å²) in [5.41, 5.74) is 6.94. The molecule has 0 atom stereocenters. The van der Waals surface area contributed by atoms with Crippen LogP contribution in [0, 0.1) is 6.92 Å². The molecule has 21 heavy (non-hydrogen) atoms. The zero-order valence-electron chi connectivity index (χ0n) is 11.4. The van der Waals surface area contributed by atoms with Gasteiger partial charge in [0.2, 0.25) is 0 Å². The molecule has 0 aliphatic heterocycles. The Morgan fingerprint density at radius 1 is 1.10 bits per heavy atom. The predicted molar refractivity (Wildman–Crippen MR) is 77.5 cm³/mol. The molecule has 0 spiro atoms. The molecule has 0 aliphatic carbocycles. The zero-order chi connectivity index (χ0) is 16.0. The number of hydrogen-bond donors (Lipinski definition) is 3. The third-order valence-corrected chi connectivity index (χ3v) is 3.36. The third kappa shape index (κ3) is 5.64. The van der Waals surface area contributed by atoms with Gasteiger partial charge < -0.3 is 9.66 Å². The van der Waals surface area contributed by atoms with E-state index >= 15 is 0 Å². The minimum atomic E-state index is -4.27. The number of aromatic hydroxyl groups is 1. The van der Waals surface area contributed by atoms with Gasteiger partial charge in [0.15, 0.2) is 0 Å². The van der Waals surface area contributed by atoms with Crippen LogP contribution in [-0.2, 0) is 10.1 Å². The molecule has 2 aromatic carbocycles. The Labute approximate surface area is 123 Å². The van der Waals surface area contributed by atoms with Gasteiger partial charge in [-0.15, -0.1) is 0 Å². The van der Waals surface area contributed by atoms with E-state index in [1.807, 2.05) is 6.92 Å². The monoisotopic (exact) mass is 308 g/mol. The van der Waals surface area contributed by atoms with Crippen LogP contribution in [0.2, 0.25) is 0 Å². The van der Waals surface area contributed by atoms with E-state index in [-0.39, 0.29) is 16.5 Å². The molecule has 0 heterocycles. The molecule has 5 N–H and O–H groups in total. The summed E-state index contributed by atoms with van der Waals surface area (Å²) in [6, 6.07) is 12.2. The Kier molecular flexibility index (Phi) is 5.45. The van der Waals surface area contributed by atoms with Gasteiger partial charge in [-0.2, -0.15) is 0 Å². The minimum Gasteiger partial charge on any atom is -0.744 e. The van der Waals surface area contributed by atoms with Crippen molar-refractivity contribution in [3.05, 3.63) is 59.7 Å². The van der Waals surface area contributed by atoms with Gasteiger partial charge in [-0.1, -0.05) is 17.7 Å². The molecule has 2 rings (SSSR count). The predicted octanol–water partition coefficient (Wildman–Crippen LogP) is -0.244. The summed E-state index contributed by atoms with van der Waals surface area (Å²) in [5.74, 6) is 0.477. The van der Waals surface area contributed by atoms with Crippen LogP contribution in [-0.4, -0.2) is 23.9 Å². The fourth-order valence-corrected chi connectivity index (χ4v) is 1.83. The standard InChI is InChI=1S/C7H8N2O.C7H8O3S/c8-7(9)5-1-3-6(10)4-2-5;1-6-2-4-7(5-3-6)11(8,9)10/h1-4,10H,(H3,8,9);2-5H,1H3,(H,8,9,10). The van der Waals surface area contributed by atoms with Crippen molar-refractivity contribution < 1.29 is 23.5 Å². The first-order valence-corrected chi connectivity index (χ1v) is 7.31. The van der Waals surface area contributed by atoms with Gasteiger partial charge in [-0.05, 0) is 43.3 Å². The molecule has 112 valence electrons. The number of rotatable bonds is 2. The van der Waals surface area contributed by atoms with Crippen LogP contribution in [0.15, 0.2) is 53.4 Å². The molecular formula is C14H16N2O4S. The van der Waals surface area contributed by atoms with Crippen molar-refractivity contribution in [2.24, 2.45) is 5.73 Å². The molecule has 0 aliphatic rings. The van der Waals surface area contributed by atoms with Gasteiger partial charge in [0.1, 0.15) is 15.9 Å². The van der Waals surface area contributed by atoms with Crippen LogP contribution in [0.3, 0.4) is 0 Å². The van der Waals surface area contributed by atoms with Gasteiger partial charge in [0.25, 0.3) is 5.84 Å². The number of phenolic OH excluding ortho intramolecular Hbond substituents is 1. The first kappa shape index (κ1) is 16.7.